The topological polar surface area (TPSA) is 101 Å². The average Bonchev–Trinajstić information content (AvgIpc) is 2.65. The standard InChI is InChI=1S/C18H15F3N4O3/c1-23-11-4-5-12(26)16(17(27)25-18(22)24-8-14(20)21)15(11)10-7-9(19)3-6-13(10)28-2/h3-7,14,26H,8H2,2H3,(H3,22,24,25,27). The summed E-state index contributed by atoms with van der Waals surface area (Å²) in [5.74, 6) is -2.67. The highest BCUT2D eigenvalue weighted by molar-refractivity contribution is 6.12. The van der Waals surface area contributed by atoms with Gasteiger partial charge in [-0.15, -0.1) is 0 Å². The molecule has 2 aromatic carbocycles. The number of aliphatic imine (C=N–C) groups is 1. The number of aromatic hydroxyl groups is 1. The van der Waals surface area contributed by atoms with E-state index in [9.17, 15) is 23.1 Å². The zero-order valence-electron chi connectivity index (χ0n) is 14.5. The van der Waals surface area contributed by atoms with Gasteiger partial charge in [0.15, 0.2) is 11.6 Å². The van der Waals surface area contributed by atoms with Crippen LogP contribution in [-0.4, -0.2) is 37.1 Å². The normalized spacial score (nSPS) is 11.2. The van der Waals surface area contributed by atoms with Crippen LogP contribution in [0.5, 0.6) is 11.5 Å². The third-order valence-electron chi connectivity index (χ3n) is 3.58. The van der Waals surface area contributed by atoms with E-state index in [4.69, 9.17) is 17.0 Å². The summed E-state index contributed by atoms with van der Waals surface area (Å²) in [6, 6.07) is 5.80. The largest absolute Gasteiger partial charge is 0.507 e. The summed E-state index contributed by atoms with van der Waals surface area (Å²) in [6.45, 7) is 6.40. The van der Waals surface area contributed by atoms with E-state index in [-0.39, 0.29) is 22.6 Å². The van der Waals surface area contributed by atoms with Crippen molar-refractivity contribution in [2.24, 2.45) is 10.7 Å². The number of guanidine groups is 1. The summed E-state index contributed by atoms with van der Waals surface area (Å²) in [5, 5.41) is 12.3. The van der Waals surface area contributed by atoms with Crippen molar-refractivity contribution in [2.45, 2.75) is 6.43 Å². The monoisotopic (exact) mass is 392 g/mol. The molecule has 0 fully saturated rings. The predicted octanol–water partition coefficient (Wildman–Crippen LogP) is 3.07. The van der Waals surface area contributed by atoms with Gasteiger partial charge >= 0.3 is 0 Å². The van der Waals surface area contributed by atoms with Gasteiger partial charge < -0.3 is 15.6 Å². The number of phenolic OH excluding ortho intramolecular Hbond substituents is 1. The minimum Gasteiger partial charge on any atom is -0.507 e. The van der Waals surface area contributed by atoms with Crippen LogP contribution in [0.1, 0.15) is 10.4 Å². The van der Waals surface area contributed by atoms with Crippen LogP contribution in [0.2, 0.25) is 0 Å². The van der Waals surface area contributed by atoms with E-state index >= 15 is 0 Å². The Morgan fingerprint density at radius 3 is 2.71 bits per heavy atom. The molecule has 0 bridgehead atoms. The molecule has 0 unspecified atom stereocenters. The molecule has 1 amide bonds. The van der Waals surface area contributed by atoms with E-state index < -0.39 is 42.0 Å². The van der Waals surface area contributed by atoms with Gasteiger partial charge in [0.1, 0.15) is 23.9 Å². The third kappa shape index (κ3) is 4.50. The zero-order chi connectivity index (χ0) is 20.8. The summed E-state index contributed by atoms with van der Waals surface area (Å²) < 4.78 is 43.4. The minimum atomic E-state index is -2.76. The van der Waals surface area contributed by atoms with E-state index in [0.717, 1.165) is 18.2 Å². The molecular weight excluding hydrogens is 377 g/mol. The minimum absolute atomic E-state index is 0.0395. The second-order valence-electron chi connectivity index (χ2n) is 5.38. The van der Waals surface area contributed by atoms with Crippen LogP contribution in [0, 0.1) is 12.4 Å². The summed E-state index contributed by atoms with van der Waals surface area (Å²) >= 11 is 0. The molecule has 0 aliphatic carbocycles. The smallest absolute Gasteiger partial charge is 0.261 e. The Kier molecular flexibility index (Phi) is 6.44. The van der Waals surface area contributed by atoms with Gasteiger partial charge in [-0.2, -0.15) is 0 Å². The molecule has 28 heavy (non-hydrogen) atoms. The summed E-state index contributed by atoms with van der Waals surface area (Å²) in [7, 11) is 1.31. The van der Waals surface area contributed by atoms with Gasteiger partial charge in [-0.3, -0.25) is 10.1 Å². The Hall–Kier alpha value is -3.74. The second-order valence-corrected chi connectivity index (χ2v) is 5.38. The molecular formula is C18H15F3N4O3. The number of hydrogen-bond acceptors (Lipinski definition) is 4. The maximum atomic E-state index is 13.8. The second kappa shape index (κ2) is 8.77. The van der Waals surface area contributed by atoms with Gasteiger partial charge in [0.05, 0.1) is 19.2 Å². The van der Waals surface area contributed by atoms with Crippen LogP contribution < -0.4 is 15.8 Å². The summed E-state index contributed by atoms with van der Waals surface area (Å²) in [5.41, 5.74) is 4.86. The number of nitrogens with zero attached hydrogens (tertiary/aromatic N) is 2. The molecule has 0 atom stereocenters. The van der Waals surface area contributed by atoms with Crippen molar-refractivity contribution in [1.82, 2.24) is 5.32 Å². The maximum absolute atomic E-state index is 13.8. The number of methoxy groups -OCH3 is 1. The van der Waals surface area contributed by atoms with Crippen molar-refractivity contribution in [3.05, 3.63) is 53.1 Å². The number of nitrogens with two attached hydrogens (primary N) is 1. The van der Waals surface area contributed by atoms with E-state index in [0.29, 0.717) is 0 Å². The van der Waals surface area contributed by atoms with Gasteiger partial charge in [0, 0.05) is 11.1 Å². The van der Waals surface area contributed by atoms with Gasteiger partial charge in [0.25, 0.3) is 12.3 Å². The maximum Gasteiger partial charge on any atom is 0.261 e. The number of nitrogens with one attached hydrogen (secondary N) is 1. The van der Waals surface area contributed by atoms with Crippen molar-refractivity contribution in [3.8, 4) is 22.6 Å². The first-order valence-corrected chi connectivity index (χ1v) is 7.75. The van der Waals surface area contributed by atoms with E-state index in [1.807, 2.05) is 0 Å². The van der Waals surface area contributed by atoms with Crippen LogP contribution in [0.3, 0.4) is 0 Å². The number of alkyl halides is 2. The first-order chi connectivity index (χ1) is 13.3. The molecule has 4 N–H and O–H groups in total. The number of rotatable bonds is 5. The van der Waals surface area contributed by atoms with Crippen LogP contribution in [0.4, 0.5) is 18.9 Å². The lowest BCUT2D eigenvalue weighted by Crippen LogP contribution is -2.37. The lowest BCUT2D eigenvalue weighted by atomic mass is 9.95. The number of amides is 1. The molecule has 0 saturated carbocycles. The van der Waals surface area contributed by atoms with Crippen LogP contribution in [-0.2, 0) is 0 Å². The summed E-state index contributed by atoms with van der Waals surface area (Å²) in [4.78, 5) is 19.2. The molecule has 7 nitrogen and oxygen atoms in total. The number of hydrogen-bond donors (Lipinski definition) is 3. The number of carbonyl (C=O) groups excluding carboxylic acids is 1. The molecule has 146 valence electrons. The van der Waals surface area contributed by atoms with Crippen LogP contribution >= 0.6 is 0 Å². The molecule has 0 heterocycles. The fourth-order valence-electron chi connectivity index (χ4n) is 2.44. The molecule has 2 rings (SSSR count). The Labute approximate surface area is 158 Å². The molecule has 0 aromatic heterocycles. The lowest BCUT2D eigenvalue weighted by Gasteiger charge is -2.16. The zero-order valence-corrected chi connectivity index (χ0v) is 14.5. The van der Waals surface area contributed by atoms with E-state index in [1.54, 1.807) is 0 Å². The number of carbonyl (C=O) groups is 1. The number of ether oxygens (including phenoxy) is 1. The Morgan fingerprint density at radius 2 is 2.11 bits per heavy atom. The van der Waals surface area contributed by atoms with Crippen LogP contribution in [0.15, 0.2) is 35.3 Å². The van der Waals surface area contributed by atoms with Crippen molar-refractivity contribution in [3.63, 3.8) is 0 Å². The first-order valence-electron chi connectivity index (χ1n) is 7.75. The molecule has 0 radical (unpaired) electrons. The average molecular weight is 392 g/mol. The highest BCUT2D eigenvalue weighted by atomic mass is 19.3. The molecule has 0 saturated heterocycles. The molecule has 2 aromatic rings. The number of halogens is 3. The quantitative estimate of drug-likeness (QED) is 0.414. The summed E-state index contributed by atoms with van der Waals surface area (Å²) in [6.07, 6.45) is -2.76. The van der Waals surface area contributed by atoms with Crippen molar-refractivity contribution in [1.29, 1.82) is 0 Å². The van der Waals surface area contributed by atoms with Crippen molar-refractivity contribution >= 4 is 17.6 Å². The highest BCUT2D eigenvalue weighted by Crippen LogP contribution is 2.42. The Morgan fingerprint density at radius 1 is 1.39 bits per heavy atom. The van der Waals surface area contributed by atoms with Crippen LogP contribution in [0.25, 0.3) is 16.0 Å². The fraction of sp³-hybridized carbons (Fsp3) is 0.167. The SMILES string of the molecule is [C-]#[N+]c1ccc(O)c(C(=O)NC(N)=NCC(F)F)c1-c1cc(F)ccc1OC. The molecule has 10 heteroatoms. The lowest BCUT2D eigenvalue weighted by molar-refractivity contribution is 0.0974. The fourth-order valence-corrected chi connectivity index (χ4v) is 2.44. The molecule has 0 aliphatic heterocycles. The van der Waals surface area contributed by atoms with Gasteiger partial charge in [0.2, 0.25) is 0 Å². The first kappa shape index (κ1) is 20.6. The Balaban J connectivity index is 2.64. The van der Waals surface area contributed by atoms with Crippen molar-refractivity contribution < 1.29 is 27.8 Å². The van der Waals surface area contributed by atoms with E-state index in [1.165, 1.54) is 19.2 Å². The molecule has 0 spiro atoms. The van der Waals surface area contributed by atoms with Gasteiger partial charge in [-0.05, 0) is 24.3 Å². The Bertz CT molecular complexity index is 971. The van der Waals surface area contributed by atoms with E-state index in [2.05, 4.69) is 15.2 Å². The molecule has 0 aliphatic rings. The number of benzene rings is 2. The highest BCUT2D eigenvalue weighted by Gasteiger charge is 2.24. The third-order valence-corrected chi connectivity index (χ3v) is 3.58. The van der Waals surface area contributed by atoms with Gasteiger partial charge in [-0.25, -0.2) is 23.0 Å². The van der Waals surface area contributed by atoms with Gasteiger partial charge in [-0.1, -0.05) is 6.07 Å². The predicted molar refractivity (Wildman–Crippen MR) is 96.3 cm³/mol. The van der Waals surface area contributed by atoms with Crippen molar-refractivity contribution in [2.75, 3.05) is 13.7 Å². The number of phenols is 1.